The number of aromatic hydroxyl groups is 1. The molecular weight excluding hydrogens is 580 g/mol. The number of aromatic nitrogens is 2. The van der Waals surface area contributed by atoms with Crippen molar-refractivity contribution < 1.29 is 36.2 Å². The SMILES string of the molecule is CC(=O)OCCCn1cc[n+](Cc2ccc(Br)cc2)c1C.Oc1sccc1-c1ccccc1.[Br-]. The molecule has 0 saturated heterocycles. The largest absolute Gasteiger partial charge is 1.00 e. The molecule has 5 nitrogen and oxygen atoms in total. The van der Waals surface area contributed by atoms with Gasteiger partial charge in [-0.2, -0.15) is 0 Å². The number of imidazole rings is 1. The van der Waals surface area contributed by atoms with Crippen LogP contribution >= 0.6 is 27.3 Å². The number of halogens is 2. The number of benzene rings is 2. The van der Waals surface area contributed by atoms with Gasteiger partial charge in [-0.05, 0) is 34.7 Å². The van der Waals surface area contributed by atoms with Gasteiger partial charge in [0.05, 0.1) is 13.2 Å². The lowest BCUT2D eigenvalue weighted by Gasteiger charge is -2.03. The van der Waals surface area contributed by atoms with Crippen LogP contribution in [0.2, 0.25) is 0 Å². The molecule has 34 heavy (non-hydrogen) atoms. The van der Waals surface area contributed by atoms with Gasteiger partial charge >= 0.3 is 5.97 Å². The van der Waals surface area contributed by atoms with E-state index in [0.29, 0.717) is 11.7 Å². The zero-order valence-electron chi connectivity index (χ0n) is 19.2. The van der Waals surface area contributed by atoms with Gasteiger partial charge < -0.3 is 26.8 Å². The Morgan fingerprint density at radius 2 is 1.82 bits per heavy atom. The van der Waals surface area contributed by atoms with Crippen LogP contribution in [0.3, 0.4) is 0 Å². The number of carbonyl (C=O) groups is 1. The van der Waals surface area contributed by atoms with E-state index < -0.39 is 0 Å². The smallest absolute Gasteiger partial charge is 0.302 e. The van der Waals surface area contributed by atoms with Gasteiger partial charge in [-0.3, -0.25) is 4.79 Å². The van der Waals surface area contributed by atoms with Crippen LogP contribution in [-0.2, 0) is 22.6 Å². The Morgan fingerprint density at radius 3 is 2.44 bits per heavy atom. The summed E-state index contributed by atoms with van der Waals surface area (Å²) >= 11 is 4.80. The highest BCUT2D eigenvalue weighted by molar-refractivity contribution is 9.10. The van der Waals surface area contributed by atoms with Gasteiger partial charge in [-0.1, -0.05) is 58.4 Å². The molecule has 8 heteroatoms. The maximum atomic E-state index is 10.7. The number of hydrogen-bond acceptors (Lipinski definition) is 4. The van der Waals surface area contributed by atoms with E-state index >= 15 is 0 Å². The molecule has 2 aromatic carbocycles. The van der Waals surface area contributed by atoms with Crippen molar-refractivity contribution in [2.75, 3.05) is 6.61 Å². The first-order valence-corrected chi connectivity index (χ1v) is 12.4. The topological polar surface area (TPSA) is 55.3 Å². The van der Waals surface area contributed by atoms with Crippen molar-refractivity contribution in [1.82, 2.24) is 4.57 Å². The third kappa shape index (κ3) is 8.42. The molecular formula is C26H28Br2N2O3S. The second kappa shape index (κ2) is 14.1. The minimum atomic E-state index is -0.218. The van der Waals surface area contributed by atoms with Crippen molar-refractivity contribution >= 4 is 33.2 Å². The van der Waals surface area contributed by atoms with Crippen LogP contribution in [-0.4, -0.2) is 22.2 Å². The van der Waals surface area contributed by atoms with Crippen LogP contribution in [0, 0.1) is 6.92 Å². The zero-order valence-corrected chi connectivity index (χ0v) is 23.1. The van der Waals surface area contributed by atoms with Crippen LogP contribution < -0.4 is 21.5 Å². The minimum Gasteiger partial charge on any atom is -1.00 e. The summed E-state index contributed by atoms with van der Waals surface area (Å²) in [5.74, 6) is 0.977. The normalized spacial score (nSPS) is 10.1. The summed E-state index contributed by atoms with van der Waals surface area (Å²) in [6, 6.07) is 20.1. The van der Waals surface area contributed by atoms with Crippen LogP contribution in [0.25, 0.3) is 11.1 Å². The number of esters is 1. The molecule has 0 spiro atoms. The molecule has 4 rings (SSSR count). The fourth-order valence-corrected chi connectivity index (χ4v) is 4.23. The van der Waals surface area contributed by atoms with Gasteiger partial charge in [-0.25, -0.2) is 9.13 Å². The fourth-order valence-electron chi connectivity index (χ4n) is 3.32. The molecule has 4 aromatic rings. The molecule has 180 valence electrons. The lowest BCUT2D eigenvalue weighted by molar-refractivity contribution is -0.694. The van der Waals surface area contributed by atoms with Crippen molar-refractivity contribution in [1.29, 1.82) is 0 Å². The predicted octanol–water partition coefficient (Wildman–Crippen LogP) is 2.97. The molecule has 0 aliphatic heterocycles. The van der Waals surface area contributed by atoms with Crippen LogP contribution in [0.15, 0.2) is 82.9 Å². The Kier molecular flexibility index (Phi) is 11.5. The summed E-state index contributed by atoms with van der Waals surface area (Å²) in [5.41, 5.74) is 3.25. The van der Waals surface area contributed by atoms with E-state index in [1.165, 1.54) is 29.6 Å². The predicted molar refractivity (Wildman–Crippen MR) is 135 cm³/mol. The first kappa shape index (κ1) is 27.8. The first-order chi connectivity index (χ1) is 15.9. The first-order valence-electron chi connectivity index (χ1n) is 10.7. The Hall–Kier alpha value is -2.42. The van der Waals surface area contributed by atoms with Gasteiger partial charge in [0.2, 0.25) is 0 Å². The second-order valence-corrected chi connectivity index (χ2v) is 9.30. The summed E-state index contributed by atoms with van der Waals surface area (Å²) in [5, 5.41) is 11.7. The van der Waals surface area contributed by atoms with Gasteiger partial charge in [0.15, 0.2) is 5.06 Å². The average molecular weight is 608 g/mol. The number of carbonyl (C=O) groups excluding carboxylic acids is 1. The second-order valence-electron chi connectivity index (χ2n) is 7.49. The lowest BCUT2D eigenvalue weighted by Crippen LogP contribution is -3.00. The lowest BCUT2D eigenvalue weighted by atomic mass is 10.1. The molecule has 0 bridgehead atoms. The monoisotopic (exact) mass is 606 g/mol. The van der Waals surface area contributed by atoms with Crippen LogP contribution in [0.1, 0.15) is 24.7 Å². The average Bonchev–Trinajstić information content (AvgIpc) is 3.39. The molecule has 1 N–H and O–H groups in total. The van der Waals surface area contributed by atoms with Gasteiger partial charge in [-0.15, -0.1) is 11.3 Å². The van der Waals surface area contributed by atoms with E-state index in [9.17, 15) is 9.90 Å². The van der Waals surface area contributed by atoms with E-state index in [2.05, 4.69) is 68.6 Å². The molecule has 0 unspecified atom stereocenters. The molecule has 0 aliphatic rings. The maximum Gasteiger partial charge on any atom is 0.302 e. The summed E-state index contributed by atoms with van der Waals surface area (Å²) in [4.78, 5) is 10.7. The van der Waals surface area contributed by atoms with Gasteiger partial charge in [0.1, 0.15) is 18.9 Å². The highest BCUT2D eigenvalue weighted by Gasteiger charge is 2.12. The highest BCUT2D eigenvalue weighted by Crippen LogP contribution is 2.33. The van der Waals surface area contributed by atoms with E-state index in [-0.39, 0.29) is 23.0 Å². The minimum absolute atomic E-state index is 0. The van der Waals surface area contributed by atoms with Crippen LogP contribution in [0.5, 0.6) is 5.06 Å². The number of hydrogen-bond donors (Lipinski definition) is 1. The molecule has 0 amide bonds. The summed E-state index contributed by atoms with van der Waals surface area (Å²) in [6.45, 7) is 5.72. The molecule has 0 fully saturated rings. The Morgan fingerprint density at radius 1 is 1.12 bits per heavy atom. The van der Waals surface area contributed by atoms with E-state index in [0.717, 1.165) is 35.1 Å². The molecule has 2 heterocycles. The van der Waals surface area contributed by atoms with Crippen molar-refractivity contribution in [3.63, 3.8) is 0 Å². The standard InChI is InChI=1S/C16H20BrN2O2.C10H8OS.BrH/c1-13-18(8-3-11-21-14(2)20)9-10-19(13)12-15-4-6-16(17)7-5-15;11-10-9(6-7-12-10)8-4-2-1-3-5-8;/h4-7,9-10H,3,8,11-12H2,1-2H3;1-7,11H;1H/q+1;;/p-1. The Balaban J connectivity index is 0.000000266. The van der Waals surface area contributed by atoms with Crippen molar-refractivity contribution in [3.8, 4) is 16.2 Å². The number of nitrogens with zero attached hydrogens (tertiary/aromatic N) is 2. The summed E-state index contributed by atoms with van der Waals surface area (Å²) in [7, 11) is 0. The van der Waals surface area contributed by atoms with E-state index in [1.54, 1.807) is 0 Å². The van der Waals surface area contributed by atoms with Crippen molar-refractivity contribution in [2.45, 2.75) is 33.4 Å². The molecule has 0 saturated carbocycles. The van der Waals surface area contributed by atoms with Crippen LogP contribution in [0.4, 0.5) is 0 Å². The van der Waals surface area contributed by atoms with E-state index in [1.807, 2.05) is 41.8 Å². The zero-order chi connectivity index (χ0) is 23.6. The number of rotatable bonds is 7. The number of aryl methyl sites for hydroxylation is 1. The fraction of sp³-hybridized carbons (Fsp3) is 0.231. The van der Waals surface area contributed by atoms with Crippen molar-refractivity contribution in [2.24, 2.45) is 0 Å². The highest BCUT2D eigenvalue weighted by atomic mass is 79.9. The molecule has 0 aliphatic carbocycles. The number of ether oxygens (including phenoxy) is 1. The van der Waals surface area contributed by atoms with Gasteiger partial charge in [0.25, 0.3) is 5.82 Å². The molecule has 2 aromatic heterocycles. The maximum absolute atomic E-state index is 10.7. The summed E-state index contributed by atoms with van der Waals surface area (Å²) in [6.07, 6.45) is 4.98. The molecule has 0 atom stereocenters. The third-order valence-electron chi connectivity index (χ3n) is 5.10. The quantitative estimate of drug-likeness (QED) is 0.200. The summed E-state index contributed by atoms with van der Waals surface area (Å²) < 4.78 is 10.4. The Labute approximate surface area is 223 Å². The van der Waals surface area contributed by atoms with Gasteiger partial charge in [0, 0.05) is 30.3 Å². The number of thiophene rings is 1. The van der Waals surface area contributed by atoms with Crippen molar-refractivity contribution in [3.05, 3.63) is 94.3 Å². The Bertz CT molecular complexity index is 1160. The van der Waals surface area contributed by atoms with E-state index in [4.69, 9.17) is 4.74 Å². The third-order valence-corrected chi connectivity index (χ3v) is 6.35. The molecule has 0 radical (unpaired) electrons.